The molecule has 1 rings (SSSR count). The minimum absolute atomic E-state index is 0.679. The first-order valence-electron chi connectivity index (χ1n) is 5.12. The van der Waals surface area contributed by atoms with Gasteiger partial charge >= 0.3 is 0 Å². The Bertz CT molecular complexity index is 74.0. The second-order valence-electron chi connectivity index (χ2n) is 4.43. The third-order valence-electron chi connectivity index (χ3n) is 2.21. The van der Waals surface area contributed by atoms with Crippen LogP contribution in [-0.4, -0.2) is 0 Å². The summed E-state index contributed by atoms with van der Waals surface area (Å²) in [4.78, 5) is 0. The summed E-state index contributed by atoms with van der Waals surface area (Å²) >= 11 is 0. The highest BCUT2D eigenvalue weighted by molar-refractivity contribution is 4.72. The van der Waals surface area contributed by atoms with Crippen molar-refractivity contribution in [1.29, 1.82) is 0 Å². The molecular weight excluding hydrogens is 132 g/mol. The summed E-state index contributed by atoms with van der Waals surface area (Å²) in [6.45, 7) is 9.01. The van der Waals surface area contributed by atoms with Crippen LogP contribution < -0.4 is 0 Å². The second-order valence-corrected chi connectivity index (χ2v) is 4.43. The topological polar surface area (TPSA) is 0 Å². The summed E-state index contributed by atoms with van der Waals surface area (Å²) in [7, 11) is 0. The molecule has 1 saturated carbocycles. The van der Waals surface area contributed by atoms with Gasteiger partial charge in [0.2, 0.25) is 0 Å². The molecule has 68 valence electrons. The molecule has 0 radical (unpaired) electrons. The van der Waals surface area contributed by atoms with Crippen molar-refractivity contribution in [3.8, 4) is 0 Å². The maximum Gasteiger partial charge on any atom is -0.0354 e. The van der Waals surface area contributed by atoms with Gasteiger partial charge in [0, 0.05) is 0 Å². The number of rotatable bonds is 0. The van der Waals surface area contributed by atoms with E-state index in [0.29, 0.717) is 5.41 Å². The van der Waals surface area contributed by atoms with E-state index in [-0.39, 0.29) is 0 Å². The fourth-order valence-electron chi connectivity index (χ4n) is 1.51. The van der Waals surface area contributed by atoms with Gasteiger partial charge in [-0.3, -0.25) is 0 Å². The summed E-state index contributed by atoms with van der Waals surface area (Å²) in [6.07, 6.45) is 8.56. The van der Waals surface area contributed by atoms with Crippen molar-refractivity contribution < 1.29 is 0 Å². The average Bonchev–Trinajstić information content (AvgIpc) is 1.88. The maximum atomic E-state index is 2.38. The minimum atomic E-state index is 0.679. The summed E-state index contributed by atoms with van der Waals surface area (Å²) < 4.78 is 0. The molecule has 0 heterocycles. The summed E-state index contributed by atoms with van der Waals surface area (Å²) in [6, 6.07) is 0. The van der Waals surface area contributed by atoms with E-state index in [0.717, 1.165) is 0 Å². The van der Waals surface area contributed by atoms with E-state index in [9.17, 15) is 0 Å². The molecule has 0 aromatic carbocycles. The molecule has 0 unspecified atom stereocenters. The number of hydrogen-bond donors (Lipinski definition) is 0. The van der Waals surface area contributed by atoms with Crippen LogP contribution in [0.15, 0.2) is 0 Å². The van der Waals surface area contributed by atoms with Crippen LogP contribution in [-0.2, 0) is 0 Å². The van der Waals surface area contributed by atoms with Gasteiger partial charge in [-0.25, -0.2) is 0 Å². The van der Waals surface area contributed by atoms with E-state index in [4.69, 9.17) is 0 Å². The van der Waals surface area contributed by atoms with Crippen molar-refractivity contribution in [2.75, 3.05) is 0 Å². The molecule has 0 nitrogen and oxygen atoms in total. The van der Waals surface area contributed by atoms with Crippen molar-refractivity contribution >= 4 is 0 Å². The van der Waals surface area contributed by atoms with Crippen LogP contribution in [0.5, 0.6) is 0 Å². The molecular formula is C11H24. The highest BCUT2D eigenvalue weighted by Crippen LogP contribution is 2.34. The molecule has 1 fully saturated rings. The smallest absolute Gasteiger partial charge is 0.0354 e. The predicted molar refractivity (Wildman–Crippen MR) is 52.8 cm³/mol. The van der Waals surface area contributed by atoms with Crippen LogP contribution in [0.2, 0.25) is 0 Å². The van der Waals surface area contributed by atoms with Crippen molar-refractivity contribution in [3.05, 3.63) is 0 Å². The van der Waals surface area contributed by atoms with Crippen LogP contribution in [0.3, 0.4) is 0 Å². The molecule has 0 aromatic rings. The molecule has 0 aromatic heterocycles. The van der Waals surface area contributed by atoms with Gasteiger partial charge in [0.15, 0.2) is 0 Å². The predicted octanol–water partition coefficient (Wildman–Crippen LogP) is 4.39. The molecule has 0 N–H and O–H groups in total. The Morgan fingerprint density at radius 3 is 1.45 bits per heavy atom. The standard InChI is InChI=1S/C8H16.C3H8/c1-8(2)6-4-3-5-7-8;1-3-2/h3-7H2,1-2H3;3H2,1-2H3. The van der Waals surface area contributed by atoms with Gasteiger partial charge in [-0.15, -0.1) is 0 Å². The first-order chi connectivity index (χ1) is 5.12. The zero-order chi connectivity index (χ0) is 8.74. The fourth-order valence-corrected chi connectivity index (χ4v) is 1.51. The first kappa shape index (κ1) is 11.0. The largest absolute Gasteiger partial charge is 0.0656 e. The summed E-state index contributed by atoms with van der Waals surface area (Å²) in [5.74, 6) is 0. The molecule has 0 bridgehead atoms. The average molecular weight is 156 g/mol. The summed E-state index contributed by atoms with van der Waals surface area (Å²) in [5, 5.41) is 0. The lowest BCUT2D eigenvalue weighted by Gasteiger charge is -2.28. The lowest BCUT2D eigenvalue weighted by atomic mass is 9.78. The van der Waals surface area contributed by atoms with E-state index in [1.165, 1.54) is 38.5 Å². The van der Waals surface area contributed by atoms with Crippen LogP contribution in [0.4, 0.5) is 0 Å². The molecule has 0 heteroatoms. The van der Waals surface area contributed by atoms with Gasteiger partial charge in [-0.2, -0.15) is 0 Å². The normalized spacial score (nSPS) is 21.8. The zero-order valence-corrected chi connectivity index (χ0v) is 8.74. The Morgan fingerprint density at radius 1 is 0.909 bits per heavy atom. The van der Waals surface area contributed by atoms with E-state index in [2.05, 4.69) is 27.7 Å². The third kappa shape index (κ3) is 6.40. The molecule has 1 aliphatic carbocycles. The Kier molecular flexibility index (Phi) is 5.62. The highest BCUT2D eigenvalue weighted by atomic mass is 14.3. The molecule has 0 spiro atoms. The van der Waals surface area contributed by atoms with Crippen LogP contribution in [0, 0.1) is 5.41 Å². The van der Waals surface area contributed by atoms with Gasteiger partial charge in [-0.05, 0) is 18.3 Å². The number of hydrogen-bond acceptors (Lipinski definition) is 0. The Hall–Kier alpha value is 0. The van der Waals surface area contributed by atoms with Crippen molar-refractivity contribution in [1.82, 2.24) is 0 Å². The van der Waals surface area contributed by atoms with Crippen LogP contribution in [0.1, 0.15) is 66.2 Å². The van der Waals surface area contributed by atoms with E-state index in [1.54, 1.807) is 0 Å². The Balaban J connectivity index is 0.000000292. The van der Waals surface area contributed by atoms with Crippen molar-refractivity contribution in [3.63, 3.8) is 0 Å². The SMILES string of the molecule is CC1(C)CCCCC1.CCC. The minimum Gasteiger partial charge on any atom is -0.0656 e. The molecule has 11 heavy (non-hydrogen) atoms. The van der Waals surface area contributed by atoms with Gasteiger partial charge in [0.05, 0.1) is 0 Å². The van der Waals surface area contributed by atoms with Gasteiger partial charge in [0.1, 0.15) is 0 Å². The fraction of sp³-hybridized carbons (Fsp3) is 1.00. The van der Waals surface area contributed by atoms with Crippen molar-refractivity contribution in [2.45, 2.75) is 66.2 Å². The van der Waals surface area contributed by atoms with E-state index < -0.39 is 0 Å². The molecule has 0 atom stereocenters. The molecule has 0 saturated heterocycles. The Morgan fingerprint density at radius 2 is 1.27 bits per heavy atom. The van der Waals surface area contributed by atoms with Crippen molar-refractivity contribution in [2.24, 2.45) is 5.41 Å². The van der Waals surface area contributed by atoms with E-state index >= 15 is 0 Å². The van der Waals surface area contributed by atoms with Crippen LogP contribution in [0.25, 0.3) is 0 Å². The zero-order valence-electron chi connectivity index (χ0n) is 8.74. The van der Waals surface area contributed by atoms with Gasteiger partial charge in [0.25, 0.3) is 0 Å². The van der Waals surface area contributed by atoms with E-state index in [1.807, 2.05) is 0 Å². The Labute approximate surface area is 72.4 Å². The lowest BCUT2D eigenvalue weighted by molar-refractivity contribution is 0.244. The van der Waals surface area contributed by atoms with Crippen LogP contribution >= 0.6 is 0 Å². The third-order valence-corrected chi connectivity index (χ3v) is 2.21. The maximum absolute atomic E-state index is 2.38. The first-order valence-corrected chi connectivity index (χ1v) is 5.12. The quantitative estimate of drug-likeness (QED) is 0.488. The summed E-state index contributed by atoms with van der Waals surface area (Å²) in [5.41, 5.74) is 0.679. The monoisotopic (exact) mass is 156 g/mol. The van der Waals surface area contributed by atoms with Gasteiger partial charge in [-0.1, -0.05) is 53.4 Å². The van der Waals surface area contributed by atoms with Gasteiger partial charge < -0.3 is 0 Å². The lowest BCUT2D eigenvalue weighted by Crippen LogP contribution is -2.14. The molecule has 0 amide bonds. The molecule has 1 aliphatic rings. The molecule has 0 aliphatic heterocycles. The second kappa shape index (κ2) is 5.62. The highest BCUT2D eigenvalue weighted by Gasteiger charge is 2.19.